The van der Waals surface area contributed by atoms with Crippen molar-refractivity contribution in [3.63, 3.8) is 0 Å². The summed E-state index contributed by atoms with van der Waals surface area (Å²) < 4.78 is 6.99. The monoisotopic (exact) mass is 269 g/mol. The Labute approximate surface area is 99.1 Å². The number of rotatable bonds is 3. The van der Waals surface area contributed by atoms with E-state index in [1.807, 2.05) is 12.1 Å². The maximum atomic E-state index is 5.86. The second-order valence-corrected chi connectivity index (χ2v) is 4.73. The molecule has 1 N–H and O–H groups in total. The molecule has 0 aliphatic carbocycles. The lowest BCUT2D eigenvalue weighted by atomic mass is 10.1. The van der Waals surface area contributed by atoms with Crippen LogP contribution in [0, 0.1) is 0 Å². The predicted molar refractivity (Wildman–Crippen MR) is 64.8 cm³/mol. The van der Waals surface area contributed by atoms with Gasteiger partial charge in [0.25, 0.3) is 0 Å². The van der Waals surface area contributed by atoms with Crippen molar-refractivity contribution in [2.75, 3.05) is 13.1 Å². The minimum atomic E-state index is 0.380. The smallest absolute Gasteiger partial charge is 0.0732 e. The normalized spacial score (nSPS) is 21.5. The Bertz CT molecular complexity index is 310. The lowest BCUT2D eigenvalue weighted by Crippen LogP contribution is -2.35. The zero-order valence-electron chi connectivity index (χ0n) is 8.71. The molecule has 1 heterocycles. The van der Waals surface area contributed by atoms with Crippen molar-refractivity contribution < 1.29 is 4.74 Å². The Kier molecular flexibility index (Phi) is 4.18. The van der Waals surface area contributed by atoms with E-state index in [2.05, 4.69) is 33.4 Å². The van der Waals surface area contributed by atoms with Gasteiger partial charge in [0.1, 0.15) is 0 Å². The molecule has 1 aliphatic rings. The molecule has 1 aliphatic heterocycles. The molecule has 0 bridgehead atoms. The fraction of sp³-hybridized carbons (Fsp3) is 0.500. The van der Waals surface area contributed by atoms with Crippen LogP contribution in [0.3, 0.4) is 0 Å². The first-order valence-electron chi connectivity index (χ1n) is 5.42. The maximum absolute atomic E-state index is 5.86. The fourth-order valence-corrected chi connectivity index (χ4v) is 2.18. The fourth-order valence-electron chi connectivity index (χ4n) is 1.79. The van der Waals surface area contributed by atoms with Crippen LogP contribution in [-0.2, 0) is 11.3 Å². The lowest BCUT2D eigenvalue weighted by Gasteiger charge is -2.23. The predicted octanol–water partition coefficient (Wildman–Crippen LogP) is 2.72. The van der Waals surface area contributed by atoms with Crippen molar-refractivity contribution >= 4 is 15.9 Å². The van der Waals surface area contributed by atoms with E-state index < -0.39 is 0 Å². The van der Waals surface area contributed by atoms with Crippen LogP contribution in [0.2, 0.25) is 0 Å². The number of benzene rings is 1. The quantitative estimate of drug-likeness (QED) is 0.911. The molecule has 1 atom stereocenters. The standard InChI is InChI=1S/C12H16BrNO/c13-12-6-2-1-4-10(12)9-15-11-5-3-7-14-8-11/h1-2,4,6,11,14H,3,5,7-9H2/t11-/m0/s1. The minimum absolute atomic E-state index is 0.380. The van der Waals surface area contributed by atoms with E-state index in [1.54, 1.807) is 0 Å². The van der Waals surface area contributed by atoms with Gasteiger partial charge in [0.15, 0.2) is 0 Å². The van der Waals surface area contributed by atoms with Gasteiger partial charge in [-0.1, -0.05) is 34.1 Å². The van der Waals surface area contributed by atoms with Crippen LogP contribution in [0.5, 0.6) is 0 Å². The molecule has 0 aromatic heterocycles. The lowest BCUT2D eigenvalue weighted by molar-refractivity contribution is 0.0250. The SMILES string of the molecule is Brc1ccccc1CO[C@H]1CCCNC1. The Morgan fingerprint density at radius 2 is 2.27 bits per heavy atom. The van der Waals surface area contributed by atoms with Gasteiger partial charge >= 0.3 is 0 Å². The topological polar surface area (TPSA) is 21.3 Å². The molecule has 0 spiro atoms. The van der Waals surface area contributed by atoms with Crippen LogP contribution in [0.15, 0.2) is 28.7 Å². The van der Waals surface area contributed by atoms with Crippen LogP contribution in [0.1, 0.15) is 18.4 Å². The molecule has 0 unspecified atom stereocenters. The second-order valence-electron chi connectivity index (χ2n) is 3.87. The number of nitrogens with one attached hydrogen (secondary N) is 1. The molecule has 0 amide bonds. The Hall–Kier alpha value is -0.380. The number of hydrogen-bond acceptors (Lipinski definition) is 2. The first-order chi connectivity index (χ1) is 7.36. The van der Waals surface area contributed by atoms with Crippen LogP contribution >= 0.6 is 15.9 Å². The molecule has 15 heavy (non-hydrogen) atoms. The number of hydrogen-bond donors (Lipinski definition) is 1. The highest BCUT2D eigenvalue weighted by Crippen LogP contribution is 2.18. The van der Waals surface area contributed by atoms with Crippen molar-refractivity contribution in [2.24, 2.45) is 0 Å². The van der Waals surface area contributed by atoms with Crippen LogP contribution in [-0.4, -0.2) is 19.2 Å². The first kappa shape index (κ1) is 11.1. The van der Waals surface area contributed by atoms with Gasteiger partial charge in [-0.15, -0.1) is 0 Å². The van der Waals surface area contributed by atoms with Gasteiger partial charge < -0.3 is 10.1 Å². The molecule has 1 aromatic rings. The first-order valence-corrected chi connectivity index (χ1v) is 6.21. The van der Waals surface area contributed by atoms with Crippen molar-refractivity contribution in [3.05, 3.63) is 34.3 Å². The molecule has 1 saturated heterocycles. The molecule has 0 radical (unpaired) electrons. The van der Waals surface area contributed by atoms with Crippen LogP contribution in [0.25, 0.3) is 0 Å². The average molecular weight is 270 g/mol. The molecule has 2 nitrogen and oxygen atoms in total. The van der Waals surface area contributed by atoms with E-state index in [-0.39, 0.29) is 0 Å². The molecule has 2 rings (SSSR count). The summed E-state index contributed by atoms with van der Waals surface area (Å²) in [4.78, 5) is 0. The van der Waals surface area contributed by atoms with Crippen molar-refractivity contribution in [3.8, 4) is 0 Å². The van der Waals surface area contributed by atoms with E-state index in [4.69, 9.17) is 4.74 Å². The zero-order chi connectivity index (χ0) is 10.5. The summed E-state index contributed by atoms with van der Waals surface area (Å²) in [6.07, 6.45) is 2.78. The summed E-state index contributed by atoms with van der Waals surface area (Å²) in [5.41, 5.74) is 1.23. The van der Waals surface area contributed by atoms with Gasteiger partial charge in [-0.2, -0.15) is 0 Å². The third-order valence-corrected chi connectivity index (χ3v) is 3.46. The second kappa shape index (κ2) is 5.64. The maximum Gasteiger partial charge on any atom is 0.0732 e. The molecular weight excluding hydrogens is 254 g/mol. The van der Waals surface area contributed by atoms with E-state index in [0.29, 0.717) is 12.7 Å². The zero-order valence-corrected chi connectivity index (χ0v) is 10.3. The van der Waals surface area contributed by atoms with Crippen molar-refractivity contribution in [1.82, 2.24) is 5.32 Å². The Balaban J connectivity index is 1.84. The minimum Gasteiger partial charge on any atom is -0.372 e. The average Bonchev–Trinajstić information content (AvgIpc) is 2.29. The van der Waals surface area contributed by atoms with E-state index in [0.717, 1.165) is 17.6 Å². The summed E-state index contributed by atoms with van der Waals surface area (Å²) in [5.74, 6) is 0. The van der Waals surface area contributed by atoms with Gasteiger partial charge in [-0.05, 0) is 31.0 Å². The molecule has 1 aromatic carbocycles. The highest BCUT2D eigenvalue weighted by molar-refractivity contribution is 9.10. The molecule has 0 saturated carbocycles. The van der Waals surface area contributed by atoms with E-state index >= 15 is 0 Å². The van der Waals surface area contributed by atoms with Gasteiger partial charge in [-0.25, -0.2) is 0 Å². The summed E-state index contributed by atoms with van der Waals surface area (Å²) in [6, 6.07) is 8.22. The summed E-state index contributed by atoms with van der Waals surface area (Å²) in [7, 11) is 0. The van der Waals surface area contributed by atoms with Gasteiger partial charge in [0.2, 0.25) is 0 Å². The molecular formula is C12H16BrNO. The van der Waals surface area contributed by atoms with Crippen LogP contribution in [0.4, 0.5) is 0 Å². The summed E-state index contributed by atoms with van der Waals surface area (Å²) in [6.45, 7) is 2.83. The summed E-state index contributed by atoms with van der Waals surface area (Å²) in [5, 5.41) is 3.35. The molecule has 3 heteroatoms. The summed E-state index contributed by atoms with van der Waals surface area (Å²) >= 11 is 3.53. The number of piperidine rings is 1. The van der Waals surface area contributed by atoms with E-state index in [9.17, 15) is 0 Å². The van der Waals surface area contributed by atoms with Gasteiger partial charge in [-0.3, -0.25) is 0 Å². The third kappa shape index (κ3) is 3.30. The number of halogens is 1. The third-order valence-electron chi connectivity index (χ3n) is 2.68. The van der Waals surface area contributed by atoms with Gasteiger partial charge in [0.05, 0.1) is 12.7 Å². The highest BCUT2D eigenvalue weighted by Gasteiger charge is 2.13. The Morgan fingerprint density at radius 1 is 1.40 bits per heavy atom. The van der Waals surface area contributed by atoms with Crippen molar-refractivity contribution in [2.45, 2.75) is 25.6 Å². The Morgan fingerprint density at radius 3 is 3.00 bits per heavy atom. The number of ether oxygens (including phenoxy) is 1. The largest absolute Gasteiger partial charge is 0.372 e. The van der Waals surface area contributed by atoms with Crippen LogP contribution < -0.4 is 5.32 Å². The van der Waals surface area contributed by atoms with Crippen molar-refractivity contribution in [1.29, 1.82) is 0 Å². The molecule has 82 valence electrons. The van der Waals surface area contributed by atoms with Gasteiger partial charge in [0, 0.05) is 11.0 Å². The molecule has 1 fully saturated rings. The van der Waals surface area contributed by atoms with E-state index in [1.165, 1.54) is 18.4 Å². The highest BCUT2D eigenvalue weighted by atomic mass is 79.9.